The van der Waals surface area contributed by atoms with Crippen LogP contribution in [0.1, 0.15) is 40.2 Å². The Morgan fingerprint density at radius 2 is 2.23 bits per heavy atom. The summed E-state index contributed by atoms with van der Waals surface area (Å²) >= 11 is 1.53. The molecule has 158 valence electrons. The van der Waals surface area contributed by atoms with E-state index >= 15 is 0 Å². The van der Waals surface area contributed by atoms with Crippen LogP contribution in [0.4, 0.5) is 0 Å². The molecule has 1 aromatic carbocycles. The Morgan fingerprint density at radius 1 is 1.39 bits per heavy atom. The number of hydrogen-bond donors (Lipinski definition) is 1. The molecule has 1 N–H and O–H groups in total. The zero-order valence-electron chi connectivity index (χ0n) is 17.2. The van der Waals surface area contributed by atoms with Gasteiger partial charge in [0.15, 0.2) is 0 Å². The van der Waals surface area contributed by atoms with Gasteiger partial charge in [0.25, 0.3) is 5.91 Å². The summed E-state index contributed by atoms with van der Waals surface area (Å²) in [5.74, 6) is 1.14. The molecule has 9 heteroatoms. The summed E-state index contributed by atoms with van der Waals surface area (Å²) in [5, 5.41) is 16.5. The minimum Gasteiger partial charge on any atom is -0.361 e. The highest BCUT2D eigenvalue weighted by atomic mass is 32.2. The first-order chi connectivity index (χ1) is 15.0. The molecule has 1 saturated heterocycles. The van der Waals surface area contributed by atoms with Gasteiger partial charge in [-0.1, -0.05) is 18.1 Å². The molecule has 2 amide bonds. The number of pyridine rings is 1. The summed E-state index contributed by atoms with van der Waals surface area (Å²) in [6.45, 7) is 3.72. The molecule has 0 bridgehead atoms. The lowest BCUT2D eigenvalue weighted by Crippen LogP contribution is -2.42. The Labute approximate surface area is 183 Å². The maximum absolute atomic E-state index is 12.9. The first kappa shape index (κ1) is 20.9. The molecule has 2 atom stereocenters. The maximum atomic E-state index is 12.9. The van der Waals surface area contributed by atoms with Crippen LogP contribution in [0.2, 0.25) is 0 Å². The minimum absolute atomic E-state index is 0.0427. The van der Waals surface area contributed by atoms with Gasteiger partial charge in [0, 0.05) is 29.3 Å². The Kier molecular flexibility index (Phi) is 5.91. The van der Waals surface area contributed by atoms with Gasteiger partial charge in [-0.15, -0.1) is 11.8 Å². The van der Waals surface area contributed by atoms with E-state index in [0.717, 1.165) is 17.0 Å². The molecule has 1 fully saturated rings. The summed E-state index contributed by atoms with van der Waals surface area (Å²) in [6, 6.07) is 10.9. The number of benzene rings is 1. The minimum atomic E-state index is -0.445. The SMILES string of the molecule is Cc1cc([C@@H](C)c2ccc3nccc(C(=O)NCC(=O)N4CSC[C@H]4C#N)c3c2)on1. The number of nitrogens with zero attached hydrogens (tertiary/aromatic N) is 4. The van der Waals surface area contributed by atoms with E-state index in [1.807, 2.05) is 38.1 Å². The van der Waals surface area contributed by atoms with Crippen molar-refractivity contribution in [3.63, 3.8) is 0 Å². The Bertz CT molecular complexity index is 1190. The third kappa shape index (κ3) is 4.25. The molecule has 31 heavy (non-hydrogen) atoms. The third-order valence-corrected chi connectivity index (χ3v) is 6.35. The summed E-state index contributed by atoms with van der Waals surface area (Å²) in [6.07, 6.45) is 1.57. The standard InChI is InChI=1S/C22H21N5O3S/c1-13-7-20(30-26-13)14(2)15-3-4-19-18(8-15)17(5-6-24-19)22(29)25-10-21(28)27-12-31-11-16(27)9-23/h3-8,14,16H,10-12H2,1-2H3,(H,25,29)/t14-,16+/m0/s1. The van der Waals surface area contributed by atoms with Gasteiger partial charge in [0.1, 0.15) is 11.8 Å². The van der Waals surface area contributed by atoms with Crippen molar-refractivity contribution in [2.75, 3.05) is 18.2 Å². The molecule has 0 radical (unpaired) electrons. The molecule has 8 nitrogen and oxygen atoms in total. The predicted octanol–water partition coefficient (Wildman–Crippen LogP) is 2.84. The fourth-order valence-corrected chi connectivity index (χ4v) is 4.63. The first-order valence-corrected chi connectivity index (χ1v) is 11.0. The molecule has 2 aromatic heterocycles. The van der Waals surface area contributed by atoms with E-state index in [1.165, 1.54) is 16.7 Å². The third-order valence-electron chi connectivity index (χ3n) is 5.34. The van der Waals surface area contributed by atoms with E-state index < -0.39 is 6.04 Å². The van der Waals surface area contributed by atoms with Crippen LogP contribution in [-0.2, 0) is 4.79 Å². The van der Waals surface area contributed by atoms with E-state index in [2.05, 4.69) is 21.5 Å². The Hall–Kier alpha value is -3.38. The number of nitrogens with one attached hydrogen (secondary N) is 1. The number of aryl methyl sites for hydroxylation is 1. The van der Waals surface area contributed by atoms with Crippen molar-refractivity contribution in [3.05, 3.63) is 59.1 Å². The van der Waals surface area contributed by atoms with Crippen LogP contribution in [0.5, 0.6) is 0 Å². The van der Waals surface area contributed by atoms with Crippen molar-refractivity contribution in [2.45, 2.75) is 25.8 Å². The number of aromatic nitrogens is 2. The van der Waals surface area contributed by atoms with Gasteiger partial charge in [0.2, 0.25) is 5.91 Å². The fraction of sp³-hybridized carbons (Fsp3) is 0.318. The second-order valence-corrected chi connectivity index (χ2v) is 8.42. The van der Waals surface area contributed by atoms with Crippen LogP contribution >= 0.6 is 11.8 Å². The molecule has 0 saturated carbocycles. The van der Waals surface area contributed by atoms with E-state index in [0.29, 0.717) is 28.1 Å². The van der Waals surface area contributed by atoms with Crippen LogP contribution in [0, 0.1) is 18.3 Å². The van der Waals surface area contributed by atoms with E-state index in [-0.39, 0.29) is 24.3 Å². The topological polar surface area (TPSA) is 112 Å². The molecule has 3 heterocycles. The summed E-state index contributed by atoms with van der Waals surface area (Å²) in [4.78, 5) is 31.2. The molecule has 4 rings (SSSR count). The molecule has 1 aliphatic rings. The molecule has 3 aromatic rings. The molecule has 0 unspecified atom stereocenters. The Morgan fingerprint density at radius 3 is 2.97 bits per heavy atom. The number of thioether (sulfide) groups is 1. The van der Waals surface area contributed by atoms with Crippen LogP contribution in [0.15, 0.2) is 41.1 Å². The molecule has 0 aliphatic carbocycles. The van der Waals surface area contributed by atoms with Crippen LogP contribution < -0.4 is 5.32 Å². The van der Waals surface area contributed by atoms with Crippen LogP contribution in [0.3, 0.4) is 0 Å². The highest BCUT2D eigenvalue weighted by molar-refractivity contribution is 7.99. The fourth-order valence-electron chi connectivity index (χ4n) is 3.53. The zero-order valence-corrected chi connectivity index (χ0v) is 18.0. The van der Waals surface area contributed by atoms with E-state index in [1.54, 1.807) is 12.3 Å². The van der Waals surface area contributed by atoms with Gasteiger partial charge < -0.3 is 14.7 Å². The summed E-state index contributed by atoms with van der Waals surface area (Å²) in [7, 11) is 0. The molecular weight excluding hydrogens is 414 g/mol. The predicted molar refractivity (Wildman–Crippen MR) is 116 cm³/mol. The Balaban J connectivity index is 1.55. The van der Waals surface area contributed by atoms with Gasteiger partial charge in [0.05, 0.1) is 35.3 Å². The lowest BCUT2D eigenvalue weighted by molar-refractivity contribution is -0.129. The summed E-state index contributed by atoms with van der Waals surface area (Å²) in [5.41, 5.74) is 2.90. The van der Waals surface area contributed by atoms with Gasteiger partial charge in [-0.05, 0) is 30.7 Å². The molecule has 0 spiro atoms. The van der Waals surface area contributed by atoms with Crippen LogP contribution in [-0.4, -0.2) is 51.1 Å². The van der Waals surface area contributed by atoms with Crippen molar-refractivity contribution < 1.29 is 14.1 Å². The second kappa shape index (κ2) is 8.78. The van der Waals surface area contributed by atoms with Crippen LogP contribution in [0.25, 0.3) is 10.9 Å². The van der Waals surface area contributed by atoms with E-state index in [4.69, 9.17) is 9.78 Å². The van der Waals surface area contributed by atoms with Crippen molar-refractivity contribution >= 4 is 34.5 Å². The van der Waals surface area contributed by atoms with E-state index in [9.17, 15) is 9.59 Å². The number of rotatable bonds is 5. The van der Waals surface area contributed by atoms with Crippen molar-refractivity contribution in [1.29, 1.82) is 5.26 Å². The summed E-state index contributed by atoms with van der Waals surface area (Å²) < 4.78 is 5.39. The number of carbonyl (C=O) groups is 2. The zero-order chi connectivity index (χ0) is 22.0. The number of hydrogen-bond acceptors (Lipinski definition) is 7. The second-order valence-electron chi connectivity index (χ2n) is 7.42. The number of carbonyl (C=O) groups excluding carboxylic acids is 2. The van der Waals surface area contributed by atoms with Crippen molar-refractivity contribution in [1.82, 2.24) is 20.4 Å². The highest BCUT2D eigenvalue weighted by Gasteiger charge is 2.29. The van der Waals surface area contributed by atoms with Crippen molar-refractivity contribution in [2.24, 2.45) is 0 Å². The largest absolute Gasteiger partial charge is 0.361 e. The quantitative estimate of drug-likeness (QED) is 0.656. The normalized spacial score (nSPS) is 16.8. The monoisotopic (exact) mass is 435 g/mol. The van der Waals surface area contributed by atoms with Gasteiger partial charge in [-0.3, -0.25) is 14.6 Å². The average Bonchev–Trinajstić information content (AvgIpc) is 3.44. The number of fused-ring (bicyclic) bond motifs is 1. The van der Waals surface area contributed by atoms with Gasteiger partial charge >= 0.3 is 0 Å². The highest BCUT2D eigenvalue weighted by Crippen LogP contribution is 2.28. The first-order valence-electron chi connectivity index (χ1n) is 9.85. The number of amides is 2. The smallest absolute Gasteiger partial charge is 0.252 e. The lowest BCUT2D eigenvalue weighted by atomic mass is 9.95. The van der Waals surface area contributed by atoms with Crippen molar-refractivity contribution in [3.8, 4) is 6.07 Å². The number of nitriles is 1. The van der Waals surface area contributed by atoms with Gasteiger partial charge in [-0.25, -0.2) is 0 Å². The molecular formula is C22H21N5O3S. The maximum Gasteiger partial charge on any atom is 0.252 e. The average molecular weight is 436 g/mol. The lowest BCUT2D eigenvalue weighted by Gasteiger charge is -2.18. The molecule has 1 aliphatic heterocycles. The van der Waals surface area contributed by atoms with Gasteiger partial charge in [-0.2, -0.15) is 5.26 Å².